The van der Waals surface area contributed by atoms with Crippen LogP contribution in [0.25, 0.3) is 11.2 Å². The van der Waals surface area contributed by atoms with Crippen LogP contribution in [0.2, 0.25) is 0 Å². The molecule has 3 rings (SSSR count). The lowest BCUT2D eigenvalue weighted by Crippen LogP contribution is -2.31. The van der Waals surface area contributed by atoms with Gasteiger partial charge < -0.3 is 15.0 Å². The van der Waals surface area contributed by atoms with Gasteiger partial charge in [0.2, 0.25) is 0 Å². The first kappa shape index (κ1) is 9.74. The fraction of sp³-hybridized carbons (Fsp3) is 0.455. The summed E-state index contributed by atoms with van der Waals surface area (Å²) in [5.41, 5.74) is 1.76. The van der Waals surface area contributed by atoms with Gasteiger partial charge in [-0.25, -0.2) is 9.97 Å². The summed E-state index contributed by atoms with van der Waals surface area (Å²) in [5.74, 6) is 1.25. The van der Waals surface area contributed by atoms with Crippen LogP contribution in [-0.2, 0) is 4.74 Å². The normalized spacial score (nSPS) is 25.3. The maximum atomic E-state index is 5.47. The molecule has 2 atom stereocenters. The van der Waals surface area contributed by atoms with E-state index in [1.807, 2.05) is 19.2 Å². The van der Waals surface area contributed by atoms with Gasteiger partial charge in [-0.2, -0.15) is 0 Å². The first-order valence-electron chi connectivity index (χ1n) is 5.44. The highest BCUT2D eigenvalue weighted by atomic mass is 16.5. The lowest BCUT2D eigenvalue weighted by atomic mass is 10.0. The average Bonchev–Trinajstić information content (AvgIpc) is 2.94. The van der Waals surface area contributed by atoms with E-state index in [0.29, 0.717) is 18.6 Å². The Bertz CT molecular complexity index is 462. The number of aromatic amines is 1. The molecule has 0 amide bonds. The molecular weight excluding hydrogens is 204 g/mol. The van der Waals surface area contributed by atoms with Crippen molar-refractivity contribution >= 4 is 11.2 Å². The third-order valence-corrected chi connectivity index (χ3v) is 3.08. The lowest BCUT2D eigenvalue weighted by Gasteiger charge is -2.13. The van der Waals surface area contributed by atoms with Crippen molar-refractivity contribution in [3.05, 3.63) is 24.2 Å². The third-order valence-electron chi connectivity index (χ3n) is 3.08. The Labute approximate surface area is 93.2 Å². The van der Waals surface area contributed by atoms with Gasteiger partial charge in [-0.1, -0.05) is 0 Å². The van der Waals surface area contributed by atoms with E-state index in [1.54, 1.807) is 6.20 Å². The zero-order valence-corrected chi connectivity index (χ0v) is 9.10. The molecule has 84 valence electrons. The van der Waals surface area contributed by atoms with Crippen LogP contribution in [0.5, 0.6) is 0 Å². The number of likely N-dealkylation sites (N-methyl/N-ethyl adjacent to an activating group) is 1. The Morgan fingerprint density at radius 2 is 2.44 bits per heavy atom. The molecule has 2 aromatic rings. The summed E-state index contributed by atoms with van der Waals surface area (Å²) in [6, 6.07) is 4.23. The van der Waals surface area contributed by atoms with Crippen molar-refractivity contribution in [3.8, 4) is 0 Å². The van der Waals surface area contributed by atoms with E-state index in [1.165, 1.54) is 0 Å². The monoisotopic (exact) mass is 218 g/mol. The second-order valence-corrected chi connectivity index (χ2v) is 4.04. The highest BCUT2D eigenvalue weighted by Gasteiger charge is 2.30. The number of pyridine rings is 1. The second-order valence-electron chi connectivity index (χ2n) is 4.04. The zero-order valence-electron chi connectivity index (χ0n) is 9.10. The number of H-pyrrole nitrogens is 1. The summed E-state index contributed by atoms with van der Waals surface area (Å²) < 4.78 is 5.47. The molecule has 0 spiro atoms. The van der Waals surface area contributed by atoms with Gasteiger partial charge in [-0.15, -0.1) is 0 Å². The number of fused-ring (bicyclic) bond motifs is 1. The quantitative estimate of drug-likeness (QED) is 0.777. The summed E-state index contributed by atoms with van der Waals surface area (Å²) >= 11 is 0. The maximum Gasteiger partial charge on any atom is 0.177 e. The van der Waals surface area contributed by atoms with Crippen molar-refractivity contribution in [2.75, 3.05) is 20.3 Å². The van der Waals surface area contributed by atoms with Gasteiger partial charge in [0.15, 0.2) is 5.65 Å². The topological polar surface area (TPSA) is 62.8 Å². The summed E-state index contributed by atoms with van der Waals surface area (Å²) in [6.07, 6.45) is 1.76. The minimum atomic E-state index is 0.291. The van der Waals surface area contributed by atoms with Crippen molar-refractivity contribution < 1.29 is 4.74 Å². The summed E-state index contributed by atoms with van der Waals surface area (Å²) in [7, 11) is 1.95. The SMILES string of the molecule is CNC1COCC1c1nc2ncccc2[nH]1. The van der Waals surface area contributed by atoms with E-state index >= 15 is 0 Å². The molecular formula is C11H14N4O. The molecule has 0 radical (unpaired) electrons. The van der Waals surface area contributed by atoms with Gasteiger partial charge in [0.1, 0.15) is 5.82 Å². The highest BCUT2D eigenvalue weighted by Crippen LogP contribution is 2.24. The van der Waals surface area contributed by atoms with Crippen LogP contribution in [0.3, 0.4) is 0 Å². The molecule has 16 heavy (non-hydrogen) atoms. The average molecular weight is 218 g/mol. The van der Waals surface area contributed by atoms with Crippen LogP contribution >= 0.6 is 0 Å². The van der Waals surface area contributed by atoms with Gasteiger partial charge in [0.05, 0.1) is 24.6 Å². The van der Waals surface area contributed by atoms with Crippen molar-refractivity contribution in [1.29, 1.82) is 0 Å². The Kier molecular flexibility index (Phi) is 2.34. The predicted molar refractivity (Wildman–Crippen MR) is 60.3 cm³/mol. The fourth-order valence-corrected chi connectivity index (χ4v) is 2.15. The number of hydrogen-bond acceptors (Lipinski definition) is 4. The van der Waals surface area contributed by atoms with Crippen LogP contribution in [0.15, 0.2) is 18.3 Å². The molecule has 1 aliphatic rings. The predicted octanol–water partition coefficient (Wildman–Crippen LogP) is 0.660. The molecule has 0 saturated carbocycles. The molecule has 2 N–H and O–H groups in total. The van der Waals surface area contributed by atoms with Gasteiger partial charge in [-0.3, -0.25) is 0 Å². The van der Waals surface area contributed by atoms with E-state index in [4.69, 9.17) is 4.74 Å². The van der Waals surface area contributed by atoms with Crippen molar-refractivity contribution in [3.63, 3.8) is 0 Å². The first-order chi connectivity index (χ1) is 7.88. The molecule has 0 bridgehead atoms. The number of ether oxygens (including phenoxy) is 1. The Hall–Kier alpha value is -1.46. The van der Waals surface area contributed by atoms with E-state index in [9.17, 15) is 0 Å². The summed E-state index contributed by atoms with van der Waals surface area (Å²) in [6.45, 7) is 1.46. The Morgan fingerprint density at radius 3 is 3.25 bits per heavy atom. The number of imidazole rings is 1. The summed E-state index contributed by atoms with van der Waals surface area (Å²) in [5, 5.41) is 3.25. The minimum absolute atomic E-state index is 0.291. The number of aromatic nitrogens is 3. The lowest BCUT2D eigenvalue weighted by molar-refractivity contribution is 0.188. The Morgan fingerprint density at radius 1 is 1.50 bits per heavy atom. The summed E-state index contributed by atoms with van der Waals surface area (Å²) in [4.78, 5) is 12.0. The van der Waals surface area contributed by atoms with E-state index < -0.39 is 0 Å². The van der Waals surface area contributed by atoms with Crippen LogP contribution in [0, 0.1) is 0 Å². The van der Waals surface area contributed by atoms with Crippen LogP contribution in [0.4, 0.5) is 0 Å². The number of hydrogen-bond donors (Lipinski definition) is 2. The molecule has 1 aliphatic heterocycles. The van der Waals surface area contributed by atoms with Crippen molar-refractivity contribution in [1.82, 2.24) is 20.3 Å². The van der Waals surface area contributed by atoms with Crippen molar-refractivity contribution in [2.45, 2.75) is 12.0 Å². The second kappa shape index (κ2) is 3.84. The Balaban J connectivity index is 1.99. The maximum absolute atomic E-state index is 5.47. The molecule has 2 unspecified atom stereocenters. The fourth-order valence-electron chi connectivity index (χ4n) is 2.15. The van der Waals surface area contributed by atoms with Crippen LogP contribution < -0.4 is 5.32 Å². The molecule has 3 heterocycles. The highest BCUT2D eigenvalue weighted by molar-refractivity contribution is 5.70. The largest absolute Gasteiger partial charge is 0.379 e. The van der Waals surface area contributed by atoms with Crippen LogP contribution in [0.1, 0.15) is 11.7 Å². The van der Waals surface area contributed by atoms with E-state index in [-0.39, 0.29) is 0 Å². The van der Waals surface area contributed by atoms with Crippen LogP contribution in [-0.4, -0.2) is 41.3 Å². The molecule has 5 nitrogen and oxygen atoms in total. The van der Waals surface area contributed by atoms with Crippen molar-refractivity contribution in [2.24, 2.45) is 0 Å². The third kappa shape index (κ3) is 1.48. The molecule has 5 heteroatoms. The molecule has 0 aliphatic carbocycles. The van der Waals surface area contributed by atoms with E-state index in [2.05, 4.69) is 20.3 Å². The van der Waals surface area contributed by atoms with Gasteiger partial charge in [0.25, 0.3) is 0 Å². The molecule has 2 aromatic heterocycles. The smallest absolute Gasteiger partial charge is 0.177 e. The zero-order chi connectivity index (χ0) is 11.0. The first-order valence-corrected chi connectivity index (χ1v) is 5.44. The van der Waals surface area contributed by atoms with Gasteiger partial charge in [-0.05, 0) is 19.2 Å². The van der Waals surface area contributed by atoms with E-state index in [0.717, 1.165) is 23.6 Å². The van der Waals surface area contributed by atoms with Gasteiger partial charge in [0, 0.05) is 12.2 Å². The number of nitrogens with one attached hydrogen (secondary N) is 2. The molecule has 1 fully saturated rings. The molecule has 0 aromatic carbocycles. The molecule has 1 saturated heterocycles. The van der Waals surface area contributed by atoms with Gasteiger partial charge >= 0.3 is 0 Å². The standard InChI is InChI=1S/C11H14N4O/c1-12-9-6-16-5-7(9)10-14-8-3-2-4-13-11(8)15-10/h2-4,7,9,12H,5-6H2,1H3,(H,13,14,15). The number of nitrogens with zero attached hydrogens (tertiary/aromatic N) is 2. The number of rotatable bonds is 2. The minimum Gasteiger partial charge on any atom is -0.379 e.